The highest BCUT2D eigenvalue weighted by Crippen LogP contribution is 2.36. The van der Waals surface area contributed by atoms with E-state index in [2.05, 4.69) is 15.2 Å². The van der Waals surface area contributed by atoms with Gasteiger partial charge in [-0.05, 0) is 18.2 Å². The number of nitrogens with zero attached hydrogens (tertiary/aromatic N) is 5. The summed E-state index contributed by atoms with van der Waals surface area (Å²) in [6, 6.07) is 10.0. The Bertz CT molecular complexity index is 1280. The Kier molecular flexibility index (Phi) is 7.88. The summed E-state index contributed by atoms with van der Waals surface area (Å²) in [6.45, 7) is 4.65. The molecule has 4 rings (SSSR count). The Morgan fingerprint density at radius 2 is 1.81 bits per heavy atom. The monoisotopic (exact) mass is 512 g/mol. The lowest BCUT2D eigenvalue weighted by molar-refractivity contribution is -0.131. The van der Waals surface area contributed by atoms with Gasteiger partial charge in [0.05, 0.1) is 5.52 Å². The number of carbonyl (C=O) groups is 2. The summed E-state index contributed by atoms with van der Waals surface area (Å²) < 4.78 is 14.6. The zero-order chi connectivity index (χ0) is 25.8. The summed E-state index contributed by atoms with van der Waals surface area (Å²) in [5.41, 5.74) is 1.54. The number of halogens is 2. The minimum absolute atomic E-state index is 0.00570. The van der Waals surface area contributed by atoms with E-state index < -0.39 is 0 Å². The minimum Gasteiger partial charge on any atom is -0.354 e. The fourth-order valence-electron chi connectivity index (χ4n) is 4.24. The lowest BCUT2D eigenvalue weighted by atomic mass is 10.0. The number of hydrogen-bond acceptors (Lipinski definition) is 6. The van der Waals surface area contributed by atoms with Gasteiger partial charge in [0, 0.05) is 81.2 Å². The van der Waals surface area contributed by atoms with E-state index in [4.69, 9.17) is 16.6 Å². The molecule has 1 fully saturated rings. The molecule has 10 heteroatoms. The van der Waals surface area contributed by atoms with Crippen LogP contribution in [0.5, 0.6) is 0 Å². The molecule has 1 aliphatic heterocycles. The third-order valence-corrected chi connectivity index (χ3v) is 6.60. The van der Waals surface area contributed by atoms with E-state index in [1.807, 2.05) is 11.8 Å². The van der Waals surface area contributed by atoms with Gasteiger partial charge in [-0.15, -0.1) is 0 Å². The molecule has 0 atom stereocenters. The molecule has 1 aliphatic rings. The molecular formula is C26H30ClFN6O2. The van der Waals surface area contributed by atoms with Gasteiger partial charge in [-0.2, -0.15) is 4.98 Å². The summed E-state index contributed by atoms with van der Waals surface area (Å²) in [7, 11) is 3.42. The molecule has 0 unspecified atom stereocenters. The maximum absolute atomic E-state index is 14.6. The Balaban J connectivity index is 1.72. The highest BCUT2D eigenvalue weighted by molar-refractivity contribution is 6.34. The van der Waals surface area contributed by atoms with E-state index >= 15 is 0 Å². The van der Waals surface area contributed by atoms with Crippen molar-refractivity contribution in [3.63, 3.8) is 0 Å². The van der Waals surface area contributed by atoms with Crippen LogP contribution in [0.25, 0.3) is 22.0 Å². The predicted octanol–water partition coefficient (Wildman–Crippen LogP) is 4.04. The van der Waals surface area contributed by atoms with Crippen molar-refractivity contribution in [2.45, 2.75) is 19.8 Å². The van der Waals surface area contributed by atoms with Gasteiger partial charge >= 0.3 is 0 Å². The van der Waals surface area contributed by atoms with Crippen molar-refractivity contribution >= 4 is 46.1 Å². The Morgan fingerprint density at radius 1 is 1.08 bits per heavy atom. The molecule has 36 heavy (non-hydrogen) atoms. The molecule has 1 N–H and O–H groups in total. The van der Waals surface area contributed by atoms with Crippen LogP contribution in [-0.4, -0.2) is 78.4 Å². The second-order valence-electron chi connectivity index (χ2n) is 8.89. The average molecular weight is 513 g/mol. The molecule has 2 amide bonds. The van der Waals surface area contributed by atoms with Crippen LogP contribution in [-0.2, 0) is 9.59 Å². The van der Waals surface area contributed by atoms with Crippen molar-refractivity contribution in [3.8, 4) is 11.1 Å². The number of benzene rings is 2. The normalized spacial score (nSPS) is 13.7. The molecular weight excluding hydrogens is 483 g/mol. The van der Waals surface area contributed by atoms with Crippen molar-refractivity contribution < 1.29 is 14.0 Å². The maximum Gasteiger partial charge on any atom is 0.225 e. The number of rotatable bonds is 7. The molecule has 0 aliphatic carbocycles. The van der Waals surface area contributed by atoms with E-state index in [1.165, 1.54) is 11.0 Å². The maximum atomic E-state index is 14.6. The number of nitrogens with one attached hydrogen (secondary N) is 1. The lowest BCUT2D eigenvalue weighted by Gasteiger charge is -2.36. The summed E-state index contributed by atoms with van der Waals surface area (Å²) in [5.74, 6) is 0.816. The van der Waals surface area contributed by atoms with Crippen LogP contribution >= 0.6 is 11.6 Å². The van der Waals surface area contributed by atoms with Crippen LogP contribution < -0.4 is 10.2 Å². The first kappa shape index (κ1) is 25.6. The van der Waals surface area contributed by atoms with E-state index in [9.17, 15) is 14.0 Å². The van der Waals surface area contributed by atoms with Crippen LogP contribution in [0.15, 0.2) is 36.4 Å². The molecule has 8 nitrogen and oxygen atoms in total. The summed E-state index contributed by atoms with van der Waals surface area (Å²) in [5, 5.41) is 4.29. The second-order valence-corrected chi connectivity index (χ2v) is 9.29. The first-order valence-electron chi connectivity index (χ1n) is 12.0. The third kappa shape index (κ3) is 5.51. The van der Waals surface area contributed by atoms with Gasteiger partial charge in [0.1, 0.15) is 11.6 Å². The van der Waals surface area contributed by atoms with Crippen LogP contribution in [0.4, 0.5) is 16.2 Å². The van der Waals surface area contributed by atoms with Gasteiger partial charge in [0.15, 0.2) is 0 Å². The number of carbonyl (C=O) groups excluding carboxylic acids is 2. The summed E-state index contributed by atoms with van der Waals surface area (Å²) in [6.07, 6.45) is 0.771. The zero-order valence-corrected chi connectivity index (χ0v) is 21.5. The fraction of sp³-hybridized carbons (Fsp3) is 0.385. The molecule has 0 radical (unpaired) electrons. The van der Waals surface area contributed by atoms with Crippen LogP contribution in [0.3, 0.4) is 0 Å². The topological polar surface area (TPSA) is 81.7 Å². The Labute approximate surface area is 215 Å². The van der Waals surface area contributed by atoms with Crippen molar-refractivity contribution in [2.24, 2.45) is 0 Å². The molecule has 2 aromatic carbocycles. The van der Waals surface area contributed by atoms with E-state index in [1.54, 1.807) is 44.4 Å². The molecule has 0 bridgehead atoms. The summed E-state index contributed by atoms with van der Waals surface area (Å²) in [4.78, 5) is 39.1. The minimum atomic E-state index is -0.370. The second kappa shape index (κ2) is 11.1. The van der Waals surface area contributed by atoms with Crippen molar-refractivity contribution in [1.29, 1.82) is 0 Å². The number of piperazine rings is 1. The SMILES string of the molecule is CCC(=O)N1CCN(c2nc(NCCC(=O)N(C)C)nc3cc(-c4ccccc4F)c(Cl)cc23)CC1. The first-order valence-corrected chi connectivity index (χ1v) is 12.4. The van der Waals surface area contributed by atoms with E-state index in [-0.39, 0.29) is 17.6 Å². The lowest BCUT2D eigenvalue weighted by Crippen LogP contribution is -2.49. The van der Waals surface area contributed by atoms with Gasteiger partial charge in [-0.3, -0.25) is 9.59 Å². The number of anilines is 2. The first-order chi connectivity index (χ1) is 17.3. The van der Waals surface area contributed by atoms with Gasteiger partial charge in [-0.1, -0.05) is 36.7 Å². The highest BCUT2D eigenvalue weighted by atomic mass is 35.5. The van der Waals surface area contributed by atoms with Crippen LogP contribution in [0.2, 0.25) is 5.02 Å². The molecule has 0 spiro atoms. The number of fused-ring (bicyclic) bond motifs is 1. The third-order valence-electron chi connectivity index (χ3n) is 6.28. The predicted molar refractivity (Wildman–Crippen MR) is 141 cm³/mol. The van der Waals surface area contributed by atoms with Crippen LogP contribution in [0, 0.1) is 5.82 Å². The fourth-order valence-corrected chi connectivity index (χ4v) is 4.50. The Morgan fingerprint density at radius 3 is 2.47 bits per heavy atom. The van der Waals surface area contributed by atoms with Gasteiger partial charge in [-0.25, -0.2) is 9.37 Å². The number of aromatic nitrogens is 2. The average Bonchev–Trinajstić information content (AvgIpc) is 2.88. The molecule has 190 valence electrons. The molecule has 1 aromatic heterocycles. The largest absolute Gasteiger partial charge is 0.354 e. The molecule has 2 heterocycles. The summed E-state index contributed by atoms with van der Waals surface area (Å²) >= 11 is 6.64. The van der Waals surface area contributed by atoms with Gasteiger partial charge in [0.25, 0.3) is 0 Å². The zero-order valence-electron chi connectivity index (χ0n) is 20.7. The molecule has 3 aromatic rings. The van der Waals surface area contributed by atoms with E-state index in [0.717, 1.165) is 5.39 Å². The van der Waals surface area contributed by atoms with Crippen molar-refractivity contribution in [3.05, 3.63) is 47.2 Å². The van der Waals surface area contributed by atoms with Crippen molar-refractivity contribution in [2.75, 3.05) is 57.0 Å². The number of amides is 2. The number of hydrogen-bond donors (Lipinski definition) is 1. The van der Waals surface area contributed by atoms with E-state index in [0.29, 0.717) is 79.0 Å². The van der Waals surface area contributed by atoms with Crippen LogP contribution in [0.1, 0.15) is 19.8 Å². The molecule has 0 saturated carbocycles. The standard InChI is InChI=1S/C26H30ClFN6O2/c1-4-23(35)33-11-13-34(14-12-33)25-19-15-20(27)18(17-7-5-6-8-21(17)28)16-22(19)30-26(31-25)29-10-9-24(36)32(2)3/h5-8,15-16H,4,9-14H2,1-3H3,(H,29,30,31). The Hall–Kier alpha value is -3.46. The smallest absolute Gasteiger partial charge is 0.225 e. The van der Waals surface area contributed by atoms with Gasteiger partial charge < -0.3 is 20.0 Å². The molecule has 1 saturated heterocycles. The highest BCUT2D eigenvalue weighted by Gasteiger charge is 2.24. The van der Waals surface area contributed by atoms with Gasteiger partial charge in [0.2, 0.25) is 17.8 Å². The van der Waals surface area contributed by atoms with Crippen molar-refractivity contribution in [1.82, 2.24) is 19.8 Å². The quantitative estimate of drug-likeness (QED) is 0.514.